The third kappa shape index (κ3) is 4.21. The first-order chi connectivity index (χ1) is 9.01. The minimum Gasteiger partial charge on any atom is -0.468 e. The van der Waals surface area contributed by atoms with Gasteiger partial charge in [0.15, 0.2) is 0 Å². The van der Waals surface area contributed by atoms with Gasteiger partial charge in [-0.05, 0) is 33.2 Å². The van der Waals surface area contributed by atoms with Crippen molar-refractivity contribution in [3.63, 3.8) is 0 Å². The first kappa shape index (κ1) is 16.0. The van der Waals surface area contributed by atoms with E-state index < -0.39 is 0 Å². The topological polar surface area (TPSA) is 56.2 Å². The van der Waals surface area contributed by atoms with E-state index in [1.165, 1.54) is 7.11 Å². The highest BCUT2D eigenvalue weighted by molar-refractivity contribution is 6.31. The molecule has 1 aromatic rings. The molecule has 0 aliphatic rings. The second-order valence-corrected chi connectivity index (χ2v) is 4.90. The van der Waals surface area contributed by atoms with Gasteiger partial charge in [0.25, 0.3) is 0 Å². The molecule has 0 aromatic carbocycles. The number of esters is 1. The van der Waals surface area contributed by atoms with Crippen LogP contribution in [0.4, 0.5) is 0 Å². The van der Waals surface area contributed by atoms with Gasteiger partial charge in [0.2, 0.25) is 0 Å². The van der Waals surface area contributed by atoms with Gasteiger partial charge in [-0.25, -0.2) is 0 Å². The maximum absolute atomic E-state index is 11.7. The molecule has 0 fully saturated rings. The molecule has 0 bridgehead atoms. The number of hydrogen-bond acceptors (Lipinski definition) is 4. The Morgan fingerprint density at radius 2 is 2.21 bits per heavy atom. The molecule has 0 saturated carbocycles. The summed E-state index contributed by atoms with van der Waals surface area (Å²) in [4.78, 5) is 11.7. The Labute approximate surface area is 119 Å². The van der Waals surface area contributed by atoms with Crippen LogP contribution < -0.4 is 5.32 Å². The van der Waals surface area contributed by atoms with Gasteiger partial charge in [0.1, 0.15) is 6.04 Å². The summed E-state index contributed by atoms with van der Waals surface area (Å²) in [7, 11) is 1.41. The van der Waals surface area contributed by atoms with Crippen molar-refractivity contribution in [3.05, 3.63) is 16.4 Å². The Morgan fingerprint density at radius 1 is 1.53 bits per heavy atom. The number of hydrogen-bond donors (Lipinski definition) is 1. The van der Waals surface area contributed by atoms with E-state index >= 15 is 0 Å². The van der Waals surface area contributed by atoms with Gasteiger partial charge in [0, 0.05) is 6.54 Å². The summed E-state index contributed by atoms with van der Waals surface area (Å²) in [5.41, 5.74) is 1.74. The van der Waals surface area contributed by atoms with Crippen LogP contribution in [-0.4, -0.2) is 35.4 Å². The number of aryl methyl sites for hydroxylation is 2. The summed E-state index contributed by atoms with van der Waals surface area (Å²) < 4.78 is 6.63. The van der Waals surface area contributed by atoms with Gasteiger partial charge in [-0.1, -0.05) is 18.5 Å². The molecule has 1 unspecified atom stereocenters. The molecule has 5 nitrogen and oxygen atoms in total. The molecule has 0 amide bonds. The molecule has 0 aliphatic carbocycles. The highest BCUT2D eigenvalue weighted by Crippen LogP contribution is 2.19. The lowest BCUT2D eigenvalue weighted by atomic mass is 10.2. The van der Waals surface area contributed by atoms with Gasteiger partial charge in [0.05, 0.1) is 23.5 Å². The van der Waals surface area contributed by atoms with Crippen molar-refractivity contribution < 1.29 is 9.53 Å². The molecule has 1 N–H and O–H groups in total. The smallest absolute Gasteiger partial charge is 0.322 e. The van der Waals surface area contributed by atoms with Gasteiger partial charge in [-0.3, -0.25) is 9.48 Å². The second kappa shape index (κ2) is 7.50. The first-order valence-electron chi connectivity index (χ1n) is 6.52. The summed E-state index contributed by atoms with van der Waals surface area (Å²) in [6.07, 6.45) is 1.60. The van der Waals surface area contributed by atoms with Crippen LogP contribution in [-0.2, 0) is 16.1 Å². The van der Waals surface area contributed by atoms with Crippen LogP contribution in [0.25, 0.3) is 0 Å². The predicted molar refractivity (Wildman–Crippen MR) is 75.4 cm³/mol. The number of halogens is 1. The highest BCUT2D eigenvalue weighted by Gasteiger charge is 2.19. The molecule has 1 heterocycles. The zero-order chi connectivity index (χ0) is 14.4. The van der Waals surface area contributed by atoms with Crippen LogP contribution in [0.1, 0.15) is 31.2 Å². The Morgan fingerprint density at radius 3 is 2.68 bits per heavy atom. The lowest BCUT2D eigenvalue weighted by Gasteiger charge is -2.16. The SMILES string of the molecule is CCCNC(CCn1nc(C)c(Cl)c1C)C(=O)OC. The number of carbonyl (C=O) groups is 1. The zero-order valence-electron chi connectivity index (χ0n) is 12.0. The molecule has 1 rings (SSSR count). The van der Waals surface area contributed by atoms with E-state index in [1.807, 2.05) is 18.5 Å². The molecule has 0 aliphatic heterocycles. The molecular formula is C13H22ClN3O2. The lowest BCUT2D eigenvalue weighted by Crippen LogP contribution is -2.39. The Bertz CT molecular complexity index is 432. The summed E-state index contributed by atoms with van der Waals surface area (Å²) in [5.74, 6) is -0.235. The molecule has 1 atom stereocenters. The van der Waals surface area contributed by atoms with Crippen molar-refractivity contribution in [1.29, 1.82) is 0 Å². The Hall–Kier alpha value is -1.07. The van der Waals surface area contributed by atoms with Gasteiger partial charge in [-0.2, -0.15) is 5.10 Å². The summed E-state index contributed by atoms with van der Waals surface area (Å²) in [6.45, 7) is 7.28. The van der Waals surface area contributed by atoms with E-state index in [-0.39, 0.29) is 12.0 Å². The fraction of sp³-hybridized carbons (Fsp3) is 0.692. The first-order valence-corrected chi connectivity index (χ1v) is 6.89. The number of nitrogens with one attached hydrogen (secondary N) is 1. The van der Waals surface area contributed by atoms with E-state index in [9.17, 15) is 4.79 Å². The molecule has 1 aromatic heterocycles. The van der Waals surface area contributed by atoms with Crippen molar-refractivity contribution >= 4 is 17.6 Å². The summed E-state index contributed by atoms with van der Waals surface area (Å²) >= 11 is 6.10. The number of carbonyl (C=O) groups excluding carboxylic acids is 1. The standard InChI is InChI=1S/C13H22ClN3O2/c1-5-7-15-11(13(18)19-4)6-8-17-10(3)12(14)9(2)16-17/h11,15H,5-8H2,1-4H3. The Kier molecular flexibility index (Phi) is 6.31. The number of ether oxygens (including phenoxy) is 1. The fourth-order valence-electron chi connectivity index (χ4n) is 1.91. The van der Waals surface area contributed by atoms with Crippen LogP contribution in [0.5, 0.6) is 0 Å². The lowest BCUT2D eigenvalue weighted by molar-refractivity contribution is -0.143. The number of nitrogens with zero attached hydrogens (tertiary/aromatic N) is 2. The van der Waals surface area contributed by atoms with Crippen molar-refractivity contribution in [2.45, 2.75) is 46.2 Å². The third-order valence-electron chi connectivity index (χ3n) is 3.05. The number of methoxy groups -OCH3 is 1. The van der Waals surface area contributed by atoms with Gasteiger partial charge < -0.3 is 10.1 Å². The Balaban J connectivity index is 2.64. The third-order valence-corrected chi connectivity index (χ3v) is 3.60. The second-order valence-electron chi connectivity index (χ2n) is 4.53. The van der Waals surface area contributed by atoms with Crippen molar-refractivity contribution in [2.24, 2.45) is 0 Å². The monoisotopic (exact) mass is 287 g/mol. The van der Waals surface area contributed by atoms with E-state index in [0.717, 1.165) is 24.4 Å². The van der Waals surface area contributed by atoms with E-state index in [4.69, 9.17) is 16.3 Å². The maximum Gasteiger partial charge on any atom is 0.322 e. The molecular weight excluding hydrogens is 266 g/mol. The van der Waals surface area contributed by atoms with E-state index in [0.29, 0.717) is 18.0 Å². The highest BCUT2D eigenvalue weighted by atomic mass is 35.5. The molecule has 19 heavy (non-hydrogen) atoms. The van der Waals surface area contributed by atoms with Crippen LogP contribution in [0.15, 0.2) is 0 Å². The summed E-state index contributed by atoms with van der Waals surface area (Å²) in [5, 5.41) is 8.23. The maximum atomic E-state index is 11.7. The van der Waals surface area contributed by atoms with Gasteiger partial charge >= 0.3 is 5.97 Å². The fourth-order valence-corrected chi connectivity index (χ4v) is 2.04. The largest absolute Gasteiger partial charge is 0.468 e. The molecule has 6 heteroatoms. The molecule has 0 saturated heterocycles. The average Bonchev–Trinajstić information content (AvgIpc) is 2.65. The predicted octanol–water partition coefficient (Wildman–Crippen LogP) is 2.08. The molecule has 108 valence electrons. The van der Waals surface area contributed by atoms with Gasteiger partial charge in [-0.15, -0.1) is 0 Å². The van der Waals surface area contributed by atoms with Crippen LogP contribution >= 0.6 is 11.6 Å². The van der Waals surface area contributed by atoms with Crippen molar-refractivity contribution in [1.82, 2.24) is 15.1 Å². The quantitative estimate of drug-likeness (QED) is 0.780. The van der Waals surface area contributed by atoms with Crippen LogP contribution in [0.3, 0.4) is 0 Å². The minimum atomic E-state index is -0.298. The zero-order valence-corrected chi connectivity index (χ0v) is 12.8. The summed E-state index contributed by atoms with van der Waals surface area (Å²) in [6, 6.07) is -0.298. The van der Waals surface area contributed by atoms with Crippen molar-refractivity contribution in [2.75, 3.05) is 13.7 Å². The van der Waals surface area contributed by atoms with Crippen LogP contribution in [0, 0.1) is 13.8 Å². The molecule has 0 radical (unpaired) electrons. The molecule has 0 spiro atoms. The van der Waals surface area contributed by atoms with E-state index in [2.05, 4.69) is 17.3 Å². The normalized spacial score (nSPS) is 12.5. The average molecular weight is 288 g/mol. The number of aromatic nitrogens is 2. The van der Waals surface area contributed by atoms with Crippen molar-refractivity contribution in [3.8, 4) is 0 Å². The van der Waals surface area contributed by atoms with E-state index in [1.54, 1.807) is 0 Å². The van der Waals surface area contributed by atoms with Crippen LogP contribution in [0.2, 0.25) is 5.02 Å². The number of rotatable bonds is 7. The minimum absolute atomic E-state index is 0.235.